The summed E-state index contributed by atoms with van der Waals surface area (Å²) < 4.78 is 10.6. The summed E-state index contributed by atoms with van der Waals surface area (Å²) in [7, 11) is 0. The van der Waals surface area contributed by atoms with Crippen molar-refractivity contribution in [1.29, 1.82) is 0 Å². The van der Waals surface area contributed by atoms with E-state index in [1.807, 2.05) is 0 Å². The van der Waals surface area contributed by atoms with Gasteiger partial charge in [-0.3, -0.25) is 14.7 Å². The van der Waals surface area contributed by atoms with Crippen molar-refractivity contribution < 1.29 is 24.2 Å². The van der Waals surface area contributed by atoms with Crippen LogP contribution >= 0.6 is 0 Å². The SMILES string of the molecule is O=C(O)C1COCCN(C(=O)c2n[nH]c3c2COCC3)C1. The number of aliphatic carboxylic acids is 1. The molecule has 0 spiro atoms. The molecule has 1 fully saturated rings. The van der Waals surface area contributed by atoms with Crippen molar-refractivity contribution in [3.05, 3.63) is 17.0 Å². The minimum Gasteiger partial charge on any atom is -0.481 e. The largest absolute Gasteiger partial charge is 0.481 e. The molecule has 1 amide bonds. The Balaban J connectivity index is 1.80. The summed E-state index contributed by atoms with van der Waals surface area (Å²) in [5.41, 5.74) is 2.03. The van der Waals surface area contributed by atoms with Gasteiger partial charge in [-0.15, -0.1) is 0 Å². The number of hydrogen-bond donors (Lipinski definition) is 2. The van der Waals surface area contributed by atoms with Crippen molar-refractivity contribution in [3.8, 4) is 0 Å². The molecule has 8 nitrogen and oxygen atoms in total. The molecule has 2 aliphatic rings. The van der Waals surface area contributed by atoms with Gasteiger partial charge in [-0.25, -0.2) is 0 Å². The number of H-pyrrole nitrogens is 1. The number of hydrogen-bond acceptors (Lipinski definition) is 5. The summed E-state index contributed by atoms with van der Waals surface area (Å²) in [6.45, 7) is 1.93. The first kappa shape index (κ1) is 14.0. The van der Waals surface area contributed by atoms with Gasteiger partial charge < -0.3 is 19.5 Å². The van der Waals surface area contributed by atoms with Crippen LogP contribution in [0.25, 0.3) is 0 Å². The predicted octanol–water partition coefficient (Wildman–Crippen LogP) is -0.344. The molecule has 0 saturated carbocycles. The molecule has 8 heteroatoms. The van der Waals surface area contributed by atoms with Gasteiger partial charge in [0.05, 0.1) is 32.3 Å². The normalized spacial score (nSPS) is 22.5. The molecular formula is C13H17N3O5. The number of rotatable bonds is 2. The highest BCUT2D eigenvalue weighted by Gasteiger charge is 2.31. The second kappa shape index (κ2) is 5.82. The number of ether oxygens (including phenoxy) is 2. The lowest BCUT2D eigenvalue weighted by Crippen LogP contribution is -2.38. The molecule has 0 radical (unpaired) electrons. The summed E-state index contributed by atoms with van der Waals surface area (Å²) >= 11 is 0. The van der Waals surface area contributed by atoms with Crippen molar-refractivity contribution in [2.45, 2.75) is 13.0 Å². The fourth-order valence-electron chi connectivity index (χ4n) is 2.58. The van der Waals surface area contributed by atoms with Crippen LogP contribution in [0.3, 0.4) is 0 Å². The van der Waals surface area contributed by atoms with Crippen LogP contribution in [0.2, 0.25) is 0 Å². The van der Waals surface area contributed by atoms with Crippen LogP contribution in [0, 0.1) is 5.92 Å². The Labute approximate surface area is 121 Å². The number of nitrogens with one attached hydrogen (secondary N) is 1. The Morgan fingerprint density at radius 3 is 3.00 bits per heavy atom. The zero-order valence-electron chi connectivity index (χ0n) is 11.5. The van der Waals surface area contributed by atoms with E-state index in [9.17, 15) is 9.59 Å². The standard InChI is InChI=1S/C13H17N3O5/c17-12(11-9-7-20-3-1-10(9)14-15-11)16-2-4-21-6-8(5-16)13(18)19/h8H,1-7H2,(H,14,15)(H,18,19). The van der Waals surface area contributed by atoms with E-state index < -0.39 is 11.9 Å². The lowest BCUT2D eigenvalue weighted by atomic mass is 10.1. The van der Waals surface area contributed by atoms with Crippen LogP contribution in [-0.4, -0.2) is 65.0 Å². The van der Waals surface area contributed by atoms with Gasteiger partial charge in [0.2, 0.25) is 0 Å². The highest BCUT2D eigenvalue weighted by atomic mass is 16.5. The molecule has 1 aromatic rings. The third-order valence-electron chi connectivity index (χ3n) is 3.80. The Bertz CT molecular complexity index is 556. The molecule has 0 aromatic carbocycles. The lowest BCUT2D eigenvalue weighted by Gasteiger charge is -2.22. The van der Waals surface area contributed by atoms with Gasteiger partial charge in [0, 0.05) is 30.8 Å². The summed E-state index contributed by atoms with van der Waals surface area (Å²) in [6.07, 6.45) is 0.705. The van der Waals surface area contributed by atoms with Crippen molar-refractivity contribution in [1.82, 2.24) is 15.1 Å². The van der Waals surface area contributed by atoms with E-state index in [0.29, 0.717) is 38.5 Å². The Morgan fingerprint density at radius 2 is 2.19 bits per heavy atom. The quantitative estimate of drug-likeness (QED) is 0.773. The maximum absolute atomic E-state index is 12.6. The minimum atomic E-state index is -0.956. The molecule has 0 aliphatic carbocycles. The van der Waals surface area contributed by atoms with Gasteiger partial charge >= 0.3 is 5.97 Å². The Hall–Kier alpha value is -1.93. The fourth-order valence-corrected chi connectivity index (χ4v) is 2.58. The molecule has 1 aromatic heterocycles. The van der Waals surface area contributed by atoms with Crippen LogP contribution in [-0.2, 0) is 27.3 Å². The number of carboxylic acids is 1. The average molecular weight is 295 g/mol. The maximum Gasteiger partial charge on any atom is 0.310 e. The van der Waals surface area contributed by atoms with Crippen LogP contribution in [0.4, 0.5) is 0 Å². The highest BCUT2D eigenvalue weighted by Crippen LogP contribution is 2.20. The average Bonchev–Trinajstić information content (AvgIpc) is 2.75. The minimum absolute atomic E-state index is 0.126. The predicted molar refractivity (Wildman–Crippen MR) is 69.8 cm³/mol. The molecular weight excluding hydrogens is 278 g/mol. The molecule has 21 heavy (non-hydrogen) atoms. The molecule has 1 saturated heterocycles. The van der Waals surface area contributed by atoms with Crippen LogP contribution < -0.4 is 0 Å². The van der Waals surface area contributed by atoms with E-state index in [-0.39, 0.29) is 19.1 Å². The smallest absolute Gasteiger partial charge is 0.310 e. The molecule has 1 unspecified atom stereocenters. The van der Waals surface area contributed by atoms with Gasteiger partial charge in [0.15, 0.2) is 5.69 Å². The third-order valence-corrected chi connectivity index (χ3v) is 3.80. The van der Waals surface area contributed by atoms with Gasteiger partial charge in [-0.2, -0.15) is 5.10 Å². The van der Waals surface area contributed by atoms with Crippen molar-refractivity contribution in [2.24, 2.45) is 5.92 Å². The molecule has 2 N–H and O–H groups in total. The van der Waals surface area contributed by atoms with E-state index in [1.54, 1.807) is 0 Å². The number of amides is 1. The van der Waals surface area contributed by atoms with Gasteiger partial charge in [-0.05, 0) is 0 Å². The number of carboxylic acid groups (broad SMARTS) is 1. The van der Waals surface area contributed by atoms with E-state index >= 15 is 0 Å². The first-order valence-electron chi connectivity index (χ1n) is 6.90. The van der Waals surface area contributed by atoms with Crippen molar-refractivity contribution in [2.75, 3.05) is 32.9 Å². The van der Waals surface area contributed by atoms with Gasteiger partial charge in [0.25, 0.3) is 5.91 Å². The van der Waals surface area contributed by atoms with E-state index in [1.165, 1.54) is 4.90 Å². The molecule has 1 atom stereocenters. The molecule has 3 rings (SSSR count). The molecule has 114 valence electrons. The van der Waals surface area contributed by atoms with Crippen LogP contribution in [0.5, 0.6) is 0 Å². The zero-order chi connectivity index (χ0) is 14.8. The molecule has 2 aliphatic heterocycles. The first-order chi connectivity index (χ1) is 10.2. The number of aromatic nitrogens is 2. The maximum atomic E-state index is 12.6. The van der Waals surface area contributed by atoms with Crippen molar-refractivity contribution in [3.63, 3.8) is 0 Å². The lowest BCUT2D eigenvalue weighted by molar-refractivity contribution is -0.143. The number of aromatic amines is 1. The summed E-state index contributed by atoms with van der Waals surface area (Å²) in [6, 6.07) is 0. The fraction of sp³-hybridized carbons (Fsp3) is 0.615. The summed E-state index contributed by atoms with van der Waals surface area (Å²) in [5, 5.41) is 16.1. The number of nitrogens with zero attached hydrogens (tertiary/aromatic N) is 2. The second-order valence-corrected chi connectivity index (χ2v) is 5.19. The summed E-state index contributed by atoms with van der Waals surface area (Å²) in [5.74, 6) is -1.93. The first-order valence-corrected chi connectivity index (χ1v) is 6.90. The van der Waals surface area contributed by atoms with E-state index in [0.717, 1.165) is 11.3 Å². The van der Waals surface area contributed by atoms with Crippen LogP contribution in [0.15, 0.2) is 0 Å². The van der Waals surface area contributed by atoms with E-state index in [2.05, 4.69) is 10.2 Å². The van der Waals surface area contributed by atoms with Crippen molar-refractivity contribution >= 4 is 11.9 Å². The Kier molecular flexibility index (Phi) is 3.89. The van der Waals surface area contributed by atoms with Gasteiger partial charge in [0.1, 0.15) is 0 Å². The molecule has 3 heterocycles. The summed E-state index contributed by atoms with van der Waals surface area (Å²) in [4.78, 5) is 25.2. The number of carbonyl (C=O) groups excluding carboxylic acids is 1. The van der Waals surface area contributed by atoms with Gasteiger partial charge in [-0.1, -0.05) is 0 Å². The third kappa shape index (κ3) is 2.77. The monoisotopic (exact) mass is 295 g/mol. The number of carbonyl (C=O) groups is 2. The topological polar surface area (TPSA) is 105 Å². The highest BCUT2D eigenvalue weighted by molar-refractivity contribution is 5.94. The zero-order valence-corrected chi connectivity index (χ0v) is 11.5. The van der Waals surface area contributed by atoms with Crippen LogP contribution in [0.1, 0.15) is 21.7 Å². The second-order valence-electron chi connectivity index (χ2n) is 5.19. The number of fused-ring (bicyclic) bond motifs is 1. The Morgan fingerprint density at radius 1 is 1.33 bits per heavy atom. The molecule has 0 bridgehead atoms. The van der Waals surface area contributed by atoms with E-state index in [4.69, 9.17) is 14.6 Å².